The number of carbonyl (C=O) groups is 1. The Balaban J connectivity index is 2.09. The van der Waals surface area contributed by atoms with Gasteiger partial charge >= 0.3 is 5.97 Å². The summed E-state index contributed by atoms with van der Waals surface area (Å²) >= 11 is 0. The van der Waals surface area contributed by atoms with E-state index in [9.17, 15) is 9.90 Å². The summed E-state index contributed by atoms with van der Waals surface area (Å²) in [4.78, 5) is 18.0. The highest BCUT2D eigenvalue weighted by Gasteiger charge is 2.50. The molecule has 1 aliphatic heterocycles. The van der Waals surface area contributed by atoms with Crippen LogP contribution in [0.5, 0.6) is 0 Å². The van der Waals surface area contributed by atoms with Crippen LogP contribution in [0.15, 0.2) is 60.7 Å². The van der Waals surface area contributed by atoms with E-state index in [0.717, 1.165) is 17.5 Å². The molecule has 0 amide bonds. The number of rotatable bonds is 5. The van der Waals surface area contributed by atoms with Gasteiger partial charge in [-0.3, -0.25) is 9.63 Å². The Morgan fingerprint density at radius 3 is 2.09 bits per heavy atom. The highest BCUT2D eigenvalue weighted by atomic mass is 16.7. The van der Waals surface area contributed by atoms with Crippen LogP contribution in [0.1, 0.15) is 30.9 Å². The molecule has 4 heteroatoms. The monoisotopic (exact) mass is 311 g/mol. The van der Waals surface area contributed by atoms with Gasteiger partial charge in [-0.2, -0.15) is 5.06 Å². The highest BCUT2D eigenvalue weighted by molar-refractivity contribution is 5.74. The third-order valence-corrected chi connectivity index (χ3v) is 4.31. The molecule has 0 saturated carbocycles. The molecule has 23 heavy (non-hydrogen) atoms. The van der Waals surface area contributed by atoms with Crippen LogP contribution in [0.25, 0.3) is 0 Å². The van der Waals surface area contributed by atoms with Gasteiger partial charge in [0, 0.05) is 13.0 Å². The largest absolute Gasteiger partial charge is 0.480 e. The molecule has 0 aromatic heterocycles. The fourth-order valence-corrected chi connectivity index (χ4v) is 3.23. The predicted octanol–water partition coefficient (Wildman–Crippen LogP) is 3.43. The lowest BCUT2D eigenvalue weighted by molar-refractivity contribution is -0.200. The van der Waals surface area contributed by atoms with Crippen LogP contribution >= 0.6 is 0 Å². The van der Waals surface area contributed by atoms with Crippen LogP contribution in [-0.4, -0.2) is 28.7 Å². The first kappa shape index (κ1) is 15.7. The third kappa shape index (κ3) is 2.87. The summed E-state index contributed by atoms with van der Waals surface area (Å²) < 4.78 is 0. The smallest absolute Gasteiger partial charge is 0.323 e. The zero-order chi connectivity index (χ0) is 16.3. The van der Waals surface area contributed by atoms with Gasteiger partial charge in [-0.05, 0) is 17.5 Å². The Labute approximate surface area is 136 Å². The molecule has 1 fully saturated rings. The molecule has 0 spiro atoms. The molecule has 1 saturated heterocycles. The van der Waals surface area contributed by atoms with Crippen molar-refractivity contribution in [3.05, 3.63) is 71.8 Å². The van der Waals surface area contributed by atoms with E-state index in [1.807, 2.05) is 67.6 Å². The van der Waals surface area contributed by atoms with Gasteiger partial charge < -0.3 is 5.11 Å². The van der Waals surface area contributed by atoms with Gasteiger partial charge in [0.2, 0.25) is 0 Å². The SMILES string of the molecule is CCCN1OC(c2ccccc2)(c2ccccc2)CC1C(=O)O. The summed E-state index contributed by atoms with van der Waals surface area (Å²) in [7, 11) is 0. The van der Waals surface area contributed by atoms with Crippen LogP contribution in [0.2, 0.25) is 0 Å². The second-order valence-corrected chi connectivity index (χ2v) is 5.85. The molecule has 4 nitrogen and oxygen atoms in total. The second kappa shape index (κ2) is 6.52. The van der Waals surface area contributed by atoms with Crippen molar-refractivity contribution in [2.75, 3.05) is 6.54 Å². The standard InChI is InChI=1S/C19H21NO3/c1-2-13-20-17(18(21)22)14-19(23-20,15-9-5-3-6-10-15)16-11-7-4-8-12-16/h3-12,17H,2,13-14H2,1H3,(H,21,22). The molecule has 1 atom stereocenters. The van der Waals surface area contributed by atoms with E-state index in [1.165, 1.54) is 0 Å². The van der Waals surface area contributed by atoms with Crippen LogP contribution in [0.3, 0.4) is 0 Å². The number of carboxylic acid groups (broad SMARTS) is 1. The van der Waals surface area contributed by atoms with Gasteiger partial charge in [0.15, 0.2) is 0 Å². The van der Waals surface area contributed by atoms with Crippen molar-refractivity contribution in [1.29, 1.82) is 0 Å². The molecule has 0 bridgehead atoms. The Morgan fingerprint density at radius 1 is 1.13 bits per heavy atom. The number of hydrogen-bond donors (Lipinski definition) is 1. The Morgan fingerprint density at radius 2 is 1.65 bits per heavy atom. The average molecular weight is 311 g/mol. The summed E-state index contributed by atoms with van der Waals surface area (Å²) in [5, 5.41) is 11.2. The molecule has 120 valence electrons. The summed E-state index contributed by atoms with van der Waals surface area (Å²) in [6, 6.07) is 19.1. The number of benzene rings is 2. The molecule has 1 aliphatic rings. The predicted molar refractivity (Wildman–Crippen MR) is 87.8 cm³/mol. The van der Waals surface area contributed by atoms with Crippen LogP contribution in [-0.2, 0) is 15.2 Å². The van der Waals surface area contributed by atoms with Crippen molar-refractivity contribution in [2.45, 2.75) is 31.4 Å². The van der Waals surface area contributed by atoms with Crippen molar-refractivity contribution in [2.24, 2.45) is 0 Å². The van der Waals surface area contributed by atoms with E-state index in [2.05, 4.69) is 0 Å². The zero-order valence-electron chi connectivity index (χ0n) is 13.2. The number of hydrogen-bond acceptors (Lipinski definition) is 3. The molecule has 1 unspecified atom stereocenters. The zero-order valence-corrected chi connectivity index (χ0v) is 13.2. The van der Waals surface area contributed by atoms with E-state index in [4.69, 9.17) is 4.84 Å². The minimum Gasteiger partial charge on any atom is -0.480 e. The van der Waals surface area contributed by atoms with Gasteiger partial charge in [0.25, 0.3) is 0 Å². The summed E-state index contributed by atoms with van der Waals surface area (Å²) in [6.45, 7) is 2.62. The van der Waals surface area contributed by atoms with Gasteiger partial charge in [-0.1, -0.05) is 67.6 Å². The molecule has 1 heterocycles. The first-order valence-corrected chi connectivity index (χ1v) is 7.97. The van der Waals surface area contributed by atoms with E-state index in [-0.39, 0.29) is 0 Å². The molecule has 0 aliphatic carbocycles. The fraction of sp³-hybridized carbons (Fsp3) is 0.316. The average Bonchev–Trinajstić information content (AvgIpc) is 2.98. The Bertz CT molecular complexity index is 617. The number of nitrogens with zero attached hydrogens (tertiary/aromatic N) is 1. The molecule has 0 radical (unpaired) electrons. The van der Waals surface area contributed by atoms with Gasteiger partial charge in [-0.15, -0.1) is 0 Å². The van der Waals surface area contributed by atoms with Crippen LogP contribution in [0.4, 0.5) is 0 Å². The lowest BCUT2D eigenvalue weighted by atomic mass is 9.82. The van der Waals surface area contributed by atoms with Crippen molar-refractivity contribution >= 4 is 5.97 Å². The first-order valence-electron chi connectivity index (χ1n) is 7.97. The van der Waals surface area contributed by atoms with Crippen LogP contribution < -0.4 is 0 Å². The van der Waals surface area contributed by atoms with E-state index in [0.29, 0.717) is 13.0 Å². The van der Waals surface area contributed by atoms with Crippen molar-refractivity contribution in [3.63, 3.8) is 0 Å². The van der Waals surface area contributed by atoms with Gasteiger partial charge in [0.1, 0.15) is 11.6 Å². The molecule has 2 aromatic rings. The summed E-state index contributed by atoms with van der Waals surface area (Å²) in [6.07, 6.45) is 1.24. The summed E-state index contributed by atoms with van der Waals surface area (Å²) in [5.74, 6) is -0.841. The number of carboxylic acids is 1. The first-order chi connectivity index (χ1) is 11.2. The highest BCUT2D eigenvalue weighted by Crippen LogP contribution is 2.44. The molecule has 1 N–H and O–H groups in total. The maximum atomic E-state index is 11.7. The summed E-state index contributed by atoms with van der Waals surface area (Å²) in [5.41, 5.74) is 1.22. The Hall–Kier alpha value is -2.17. The Kier molecular flexibility index (Phi) is 4.46. The molecular formula is C19H21NO3. The van der Waals surface area contributed by atoms with Crippen molar-refractivity contribution < 1.29 is 14.7 Å². The third-order valence-electron chi connectivity index (χ3n) is 4.31. The van der Waals surface area contributed by atoms with E-state index >= 15 is 0 Å². The molecule has 3 rings (SSSR count). The topological polar surface area (TPSA) is 49.8 Å². The number of hydroxylamine groups is 2. The minimum absolute atomic E-state index is 0.399. The second-order valence-electron chi connectivity index (χ2n) is 5.85. The maximum Gasteiger partial charge on any atom is 0.323 e. The number of aliphatic carboxylic acids is 1. The van der Waals surface area contributed by atoms with Gasteiger partial charge in [-0.25, -0.2) is 0 Å². The molecular weight excluding hydrogens is 290 g/mol. The molecule has 2 aromatic carbocycles. The van der Waals surface area contributed by atoms with Crippen LogP contribution in [0, 0.1) is 0 Å². The fourth-order valence-electron chi connectivity index (χ4n) is 3.23. The van der Waals surface area contributed by atoms with Crippen molar-refractivity contribution in [1.82, 2.24) is 5.06 Å². The van der Waals surface area contributed by atoms with E-state index in [1.54, 1.807) is 5.06 Å². The maximum absolute atomic E-state index is 11.7. The quantitative estimate of drug-likeness (QED) is 0.919. The minimum atomic E-state index is -0.841. The lowest BCUT2D eigenvalue weighted by Crippen LogP contribution is -2.35. The lowest BCUT2D eigenvalue weighted by Gasteiger charge is -2.30. The van der Waals surface area contributed by atoms with Gasteiger partial charge in [0.05, 0.1) is 0 Å². The van der Waals surface area contributed by atoms with Crippen molar-refractivity contribution in [3.8, 4) is 0 Å². The van der Waals surface area contributed by atoms with E-state index < -0.39 is 17.6 Å². The normalized spacial score (nSPS) is 20.5.